The van der Waals surface area contributed by atoms with Gasteiger partial charge in [-0.3, -0.25) is 4.79 Å². The van der Waals surface area contributed by atoms with Crippen molar-refractivity contribution in [2.75, 3.05) is 25.5 Å². The van der Waals surface area contributed by atoms with Gasteiger partial charge in [-0.25, -0.2) is 4.79 Å². The number of carbonyl (C=O) groups excluding carboxylic acids is 2. The average Bonchev–Trinajstić information content (AvgIpc) is 2.57. The Balaban J connectivity index is 1.84. The van der Waals surface area contributed by atoms with Gasteiger partial charge < -0.3 is 15.0 Å². The predicted molar refractivity (Wildman–Crippen MR) is 97.9 cm³/mol. The molecule has 0 aliphatic rings. The minimum atomic E-state index is -0.368. The second-order valence-corrected chi connectivity index (χ2v) is 6.22. The number of quaternary nitrogens is 1. The van der Waals surface area contributed by atoms with E-state index in [-0.39, 0.29) is 11.9 Å². The van der Waals surface area contributed by atoms with Gasteiger partial charge in [-0.05, 0) is 43.3 Å². The summed E-state index contributed by atoms with van der Waals surface area (Å²) in [5, 5.41) is 3.53. The molecule has 0 heterocycles. The van der Waals surface area contributed by atoms with E-state index in [0.29, 0.717) is 29.4 Å². The number of hydrogen-bond donors (Lipinski definition) is 2. The number of esters is 1. The molecule has 5 nitrogen and oxygen atoms in total. The van der Waals surface area contributed by atoms with Crippen LogP contribution in [0.5, 0.6) is 0 Å². The molecule has 1 amide bonds. The third kappa shape index (κ3) is 6.21. The number of benzene rings is 2. The molecule has 1 atom stereocenters. The van der Waals surface area contributed by atoms with Crippen LogP contribution in [0.3, 0.4) is 0 Å². The highest BCUT2D eigenvalue weighted by Crippen LogP contribution is 2.10. The van der Waals surface area contributed by atoms with Crippen molar-refractivity contribution in [3.05, 3.63) is 64.7 Å². The lowest BCUT2D eigenvalue weighted by Gasteiger charge is -2.14. The Morgan fingerprint density at radius 3 is 2.32 bits per heavy atom. The number of hydrogen-bond acceptors (Lipinski definition) is 3. The first-order chi connectivity index (χ1) is 12.0. The molecule has 0 radical (unpaired) electrons. The number of halogens is 1. The van der Waals surface area contributed by atoms with Gasteiger partial charge in [-0.1, -0.05) is 23.7 Å². The lowest BCUT2D eigenvalue weighted by Crippen LogP contribution is -3.08. The molecule has 0 spiro atoms. The number of likely N-dealkylation sites (N-methyl/N-ethyl adjacent to an activating group) is 1. The van der Waals surface area contributed by atoms with Crippen LogP contribution in [0.1, 0.15) is 22.8 Å². The quantitative estimate of drug-likeness (QED) is 0.743. The van der Waals surface area contributed by atoms with E-state index in [0.717, 1.165) is 17.0 Å². The zero-order valence-corrected chi connectivity index (χ0v) is 15.1. The zero-order chi connectivity index (χ0) is 18.2. The van der Waals surface area contributed by atoms with Gasteiger partial charge in [-0.2, -0.15) is 0 Å². The molecule has 0 saturated carbocycles. The van der Waals surface area contributed by atoms with E-state index in [9.17, 15) is 9.59 Å². The highest BCUT2D eigenvalue weighted by molar-refractivity contribution is 6.30. The van der Waals surface area contributed by atoms with Gasteiger partial charge in [0.25, 0.3) is 5.91 Å². The first-order valence-corrected chi connectivity index (χ1v) is 8.48. The van der Waals surface area contributed by atoms with Crippen LogP contribution in [0.4, 0.5) is 5.69 Å². The highest BCUT2D eigenvalue weighted by atomic mass is 35.5. The number of ether oxygens (including phenoxy) is 1. The van der Waals surface area contributed by atoms with Crippen LogP contribution in [0.2, 0.25) is 5.02 Å². The van der Waals surface area contributed by atoms with Gasteiger partial charge in [0.2, 0.25) is 0 Å². The van der Waals surface area contributed by atoms with Crippen molar-refractivity contribution in [2.45, 2.75) is 13.5 Å². The van der Waals surface area contributed by atoms with Gasteiger partial charge in [0.05, 0.1) is 19.2 Å². The van der Waals surface area contributed by atoms with Crippen molar-refractivity contribution in [2.24, 2.45) is 0 Å². The van der Waals surface area contributed by atoms with Crippen LogP contribution >= 0.6 is 11.6 Å². The van der Waals surface area contributed by atoms with Crippen LogP contribution in [-0.2, 0) is 16.1 Å². The van der Waals surface area contributed by atoms with Crippen LogP contribution in [0.15, 0.2) is 48.5 Å². The normalized spacial score (nSPS) is 11.6. The summed E-state index contributed by atoms with van der Waals surface area (Å²) in [6, 6.07) is 14.3. The highest BCUT2D eigenvalue weighted by Gasteiger charge is 2.12. The second kappa shape index (κ2) is 9.20. The Bertz CT molecular complexity index is 714. The minimum Gasteiger partial charge on any atom is -0.462 e. The molecule has 2 aromatic carbocycles. The maximum atomic E-state index is 12.1. The fourth-order valence-electron chi connectivity index (χ4n) is 2.40. The van der Waals surface area contributed by atoms with Crippen molar-refractivity contribution < 1.29 is 19.2 Å². The molecule has 25 heavy (non-hydrogen) atoms. The fourth-order valence-corrected chi connectivity index (χ4v) is 2.52. The van der Waals surface area contributed by atoms with Crippen molar-refractivity contribution >= 4 is 29.2 Å². The molecule has 0 fully saturated rings. The van der Waals surface area contributed by atoms with Crippen LogP contribution < -0.4 is 10.2 Å². The number of rotatable bonds is 7. The summed E-state index contributed by atoms with van der Waals surface area (Å²) in [7, 11) is 1.96. The van der Waals surface area contributed by atoms with E-state index in [1.165, 1.54) is 0 Å². The molecular weight excluding hydrogens is 340 g/mol. The van der Waals surface area contributed by atoms with E-state index in [1.807, 2.05) is 31.3 Å². The summed E-state index contributed by atoms with van der Waals surface area (Å²) in [6.45, 7) is 3.16. The molecule has 2 aromatic rings. The zero-order valence-electron chi connectivity index (χ0n) is 14.3. The Morgan fingerprint density at radius 1 is 1.08 bits per heavy atom. The molecule has 2 N–H and O–H groups in total. The SMILES string of the molecule is CCOC(=O)c1ccc(NC(=O)C[NH+](C)Cc2ccc(Cl)cc2)cc1. The number of carbonyl (C=O) groups is 2. The van der Waals surface area contributed by atoms with E-state index < -0.39 is 0 Å². The van der Waals surface area contributed by atoms with Gasteiger partial charge >= 0.3 is 5.97 Å². The van der Waals surface area contributed by atoms with Gasteiger partial charge in [0.1, 0.15) is 6.54 Å². The largest absolute Gasteiger partial charge is 0.462 e. The summed E-state index contributed by atoms with van der Waals surface area (Å²) in [5.74, 6) is -0.456. The molecule has 0 aromatic heterocycles. The Hall–Kier alpha value is -2.37. The molecule has 2 rings (SSSR count). The molecular formula is C19H22ClN2O3+. The van der Waals surface area contributed by atoms with Crippen molar-refractivity contribution in [1.82, 2.24) is 0 Å². The average molecular weight is 362 g/mol. The smallest absolute Gasteiger partial charge is 0.338 e. The maximum absolute atomic E-state index is 12.1. The van der Waals surface area contributed by atoms with Crippen molar-refractivity contribution in [3.8, 4) is 0 Å². The number of nitrogens with one attached hydrogen (secondary N) is 2. The molecule has 132 valence electrons. The van der Waals surface area contributed by atoms with E-state index in [1.54, 1.807) is 31.2 Å². The maximum Gasteiger partial charge on any atom is 0.338 e. The molecule has 1 unspecified atom stereocenters. The first-order valence-electron chi connectivity index (χ1n) is 8.10. The summed E-state index contributed by atoms with van der Waals surface area (Å²) in [4.78, 5) is 24.8. The molecule has 0 aliphatic carbocycles. The van der Waals surface area contributed by atoms with Crippen LogP contribution in [-0.4, -0.2) is 32.1 Å². The van der Waals surface area contributed by atoms with Gasteiger partial charge in [0.15, 0.2) is 6.54 Å². The second-order valence-electron chi connectivity index (χ2n) is 5.78. The van der Waals surface area contributed by atoms with Crippen LogP contribution in [0.25, 0.3) is 0 Å². The molecule has 6 heteroatoms. The van der Waals surface area contributed by atoms with Gasteiger partial charge in [-0.15, -0.1) is 0 Å². The predicted octanol–water partition coefficient (Wildman–Crippen LogP) is 2.17. The fraction of sp³-hybridized carbons (Fsp3) is 0.263. The minimum absolute atomic E-state index is 0.0876. The summed E-state index contributed by atoms with van der Waals surface area (Å²) in [6.07, 6.45) is 0. The molecule has 0 saturated heterocycles. The van der Waals surface area contributed by atoms with Crippen LogP contribution in [0, 0.1) is 0 Å². The monoisotopic (exact) mass is 361 g/mol. The Labute approximate surface area is 152 Å². The third-order valence-electron chi connectivity index (χ3n) is 3.56. The molecule has 0 bridgehead atoms. The first kappa shape index (κ1) is 19.0. The van der Waals surface area contributed by atoms with E-state index >= 15 is 0 Å². The third-order valence-corrected chi connectivity index (χ3v) is 3.81. The summed E-state index contributed by atoms with van der Waals surface area (Å²) in [5.41, 5.74) is 2.23. The lowest BCUT2D eigenvalue weighted by molar-refractivity contribution is -0.885. The summed E-state index contributed by atoms with van der Waals surface area (Å²) < 4.78 is 4.93. The van der Waals surface area contributed by atoms with Crippen molar-refractivity contribution in [3.63, 3.8) is 0 Å². The van der Waals surface area contributed by atoms with Crippen molar-refractivity contribution in [1.29, 1.82) is 0 Å². The molecule has 0 aliphatic heterocycles. The Morgan fingerprint density at radius 2 is 1.72 bits per heavy atom. The Kier molecular flexibility index (Phi) is 6.98. The lowest BCUT2D eigenvalue weighted by atomic mass is 10.2. The topological polar surface area (TPSA) is 59.8 Å². The van der Waals surface area contributed by atoms with Gasteiger partial charge in [0, 0.05) is 16.3 Å². The standard InChI is InChI=1S/C19H21ClN2O3/c1-3-25-19(24)15-6-10-17(11-7-15)21-18(23)13-22(2)12-14-4-8-16(20)9-5-14/h4-11H,3,12-13H2,1-2H3,(H,21,23)/p+1. The number of amides is 1. The number of anilines is 1. The van der Waals surface area contributed by atoms with E-state index in [4.69, 9.17) is 16.3 Å². The van der Waals surface area contributed by atoms with E-state index in [2.05, 4.69) is 5.32 Å². The summed E-state index contributed by atoms with van der Waals surface area (Å²) >= 11 is 5.87.